The minimum atomic E-state index is -0.512. The molecule has 1 aliphatic heterocycles. The van der Waals surface area contributed by atoms with Gasteiger partial charge in [0.05, 0.1) is 12.7 Å². The molecule has 2 heterocycles. The van der Waals surface area contributed by atoms with Crippen molar-refractivity contribution in [2.45, 2.75) is 20.8 Å². The lowest BCUT2D eigenvalue weighted by Gasteiger charge is -2.25. The van der Waals surface area contributed by atoms with E-state index in [9.17, 15) is 14.4 Å². The van der Waals surface area contributed by atoms with Crippen LogP contribution in [0.5, 0.6) is 0 Å². The topological polar surface area (TPSA) is 80.6 Å². The van der Waals surface area contributed by atoms with Gasteiger partial charge in [-0.15, -0.1) is 0 Å². The molecule has 0 saturated carbocycles. The number of rotatable bonds is 3. The van der Waals surface area contributed by atoms with E-state index < -0.39 is 17.8 Å². The van der Waals surface area contributed by atoms with Gasteiger partial charge in [-0.2, -0.15) is 0 Å². The van der Waals surface area contributed by atoms with E-state index in [2.05, 4.69) is 5.32 Å². The molecule has 8 heteroatoms. The smallest absolute Gasteiger partial charge is 0.337 e. The van der Waals surface area contributed by atoms with Crippen LogP contribution < -0.4 is 5.32 Å². The van der Waals surface area contributed by atoms with E-state index in [1.165, 1.54) is 19.1 Å². The Morgan fingerprint density at radius 1 is 1.17 bits per heavy atom. The third-order valence-electron chi connectivity index (χ3n) is 4.93. The third-order valence-corrected chi connectivity index (χ3v) is 5.31. The predicted octanol–water partition coefficient (Wildman–Crippen LogP) is 2.45. The molecule has 2 amide bonds. The van der Waals surface area contributed by atoms with Crippen molar-refractivity contribution in [3.05, 3.63) is 57.9 Å². The first-order valence-electron chi connectivity index (χ1n) is 8.89. The zero-order valence-electron chi connectivity index (χ0n) is 16.8. The number of hydrogen-bond donors (Lipinski definition) is 1. The molecule has 1 aromatic carbocycles. The first-order valence-corrected chi connectivity index (χ1v) is 9.30. The number of likely N-dealkylation sites (N-methyl/N-ethyl adjacent to an activating group) is 1. The molecule has 29 heavy (non-hydrogen) atoms. The Labute approximate surface area is 173 Å². The molecule has 1 aliphatic rings. The fourth-order valence-electron chi connectivity index (χ4n) is 3.36. The average molecular weight is 411 g/mol. The highest BCUT2D eigenvalue weighted by Gasteiger charge is 2.31. The van der Waals surface area contributed by atoms with E-state index in [0.29, 0.717) is 5.56 Å². The molecule has 2 aromatic rings. The van der Waals surface area contributed by atoms with Gasteiger partial charge in [0.15, 0.2) is 5.11 Å². The highest BCUT2D eigenvalue weighted by Crippen LogP contribution is 2.26. The summed E-state index contributed by atoms with van der Waals surface area (Å²) >= 11 is 4.98. The van der Waals surface area contributed by atoms with Crippen LogP contribution in [0.4, 0.5) is 0 Å². The summed E-state index contributed by atoms with van der Waals surface area (Å²) < 4.78 is 6.79. The summed E-state index contributed by atoms with van der Waals surface area (Å²) in [6.45, 7) is 5.76. The van der Waals surface area contributed by atoms with Gasteiger partial charge in [0.1, 0.15) is 5.57 Å². The van der Waals surface area contributed by atoms with Crippen LogP contribution in [0.1, 0.15) is 32.9 Å². The van der Waals surface area contributed by atoms with Crippen molar-refractivity contribution in [3.63, 3.8) is 0 Å². The molecule has 1 fully saturated rings. The van der Waals surface area contributed by atoms with E-state index in [4.69, 9.17) is 17.0 Å². The molecule has 0 bridgehead atoms. The predicted molar refractivity (Wildman–Crippen MR) is 113 cm³/mol. The largest absolute Gasteiger partial charge is 0.465 e. The lowest BCUT2D eigenvalue weighted by molar-refractivity contribution is -0.128. The second-order valence-corrected chi connectivity index (χ2v) is 7.22. The maximum Gasteiger partial charge on any atom is 0.337 e. The van der Waals surface area contributed by atoms with E-state index in [-0.39, 0.29) is 10.7 Å². The lowest BCUT2D eigenvalue weighted by Crippen LogP contribution is -2.52. The first-order chi connectivity index (χ1) is 13.6. The number of aryl methyl sites for hydroxylation is 2. The molecule has 0 unspecified atom stereocenters. The number of carbonyl (C=O) groups excluding carboxylic acids is 3. The Morgan fingerprint density at radius 3 is 2.48 bits per heavy atom. The van der Waals surface area contributed by atoms with Gasteiger partial charge in [0, 0.05) is 24.1 Å². The van der Waals surface area contributed by atoms with Gasteiger partial charge in [-0.05, 0) is 74.5 Å². The molecule has 7 nitrogen and oxygen atoms in total. The normalized spacial score (nSPS) is 15.7. The SMILES string of the molecule is COC(=O)c1ccc(-n2c(C)cc(/C=C3\C(=O)NC(=S)N(C)C3=O)c2C)c(C)c1. The molecule has 0 atom stereocenters. The Balaban J connectivity index is 2.06. The number of nitrogens with zero attached hydrogens (tertiary/aromatic N) is 2. The van der Waals surface area contributed by atoms with Gasteiger partial charge in [0.25, 0.3) is 11.8 Å². The molecular weight excluding hydrogens is 390 g/mol. The number of esters is 1. The van der Waals surface area contributed by atoms with Gasteiger partial charge < -0.3 is 9.30 Å². The van der Waals surface area contributed by atoms with Crippen molar-refractivity contribution in [1.29, 1.82) is 0 Å². The number of carbonyl (C=O) groups is 3. The van der Waals surface area contributed by atoms with Crippen molar-refractivity contribution >= 4 is 41.2 Å². The molecule has 0 radical (unpaired) electrons. The zero-order valence-corrected chi connectivity index (χ0v) is 17.6. The third kappa shape index (κ3) is 3.58. The van der Waals surface area contributed by atoms with Gasteiger partial charge in [-0.25, -0.2) is 4.79 Å². The number of ether oxygens (including phenoxy) is 1. The van der Waals surface area contributed by atoms with Crippen LogP contribution in [-0.4, -0.2) is 46.5 Å². The van der Waals surface area contributed by atoms with Crippen molar-refractivity contribution < 1.29 is 19.1 Å². The number of hydrogen-bond acceptors (Lipinski definition) is 5. The average Bonchev–Trinajstić information content (AvgIpc) is 2.96. The molecule has 1 N–H and O–H groups in total. The van der Waals surface area contributed by atoms with Crippen LogP contribution >= 0.6 is 12.2 Å². The molecular formula is C21H21N3O4S. The van der Waals surface area contributed by atoms with Crippen molar-refractivity contribution in [2.24, 2.45) is 0 Å². The summed E-state index contributed by atoms with van der Waals surface area (Å²) in [6, 6.07) is 7.23. The van der Waals surface area contributed by atoms with Gasteiger partial charge in [-0.3, -0.25) is 19.8 Å². The Bertz CT molecular complexity index is 1100. The summed E-state index contributed by atoms with van der Waals surface area (Å²) in [5.41, 5.74) is 4.83. The van der Waals surface area contributed by atoms with Crippen molar-refractivity contribution in [2.75, 3.05) is 14.2 Å². The standard InChI is InChI=1S/C21H21N3O4S/c1-11-8-14(20(27)28-5)6-7-17(11)24-12(2)9-15(13(24)3)10-16-18(25)22-21(29)23(4)19(16)26/h6-10H,1-5H3,(H,22,25,29)/b16-10+. The summed E-state index contributed by atoms with van der Waals surface area (Å²) in [6.07, 6.45) is 1.58. The number of benzene rings is 1. The fourth-order valence-corrected chi connectivity index (χ4v) is 3.53. The second kappa shape index (κ2) is 7.63. The van der Waals surface area contributed by atoms with Crippen LogP contribution in [-0.2, 0) is 14.3 Å². The maximum absolute atomic E-state index is 12.5. The van der Waals surface area contributed by atoms with Crippen molar-refractivity contribution in [1.82, 2.24) is 14.8 Å². The number of methoxy groups -OCH3 is 1. The highest BCUT2D eigenvalue weighted by atomic mass is 32.1. The van der Waals surface area contributed by atoms with Crippen LogP contribution in [0, 0.1) is 20.8 Å². The number of nitrogens with one attached hydrogen (secondary N) is 1. The first kappa shape index (κ1) is 20.5. The summed E-state index contributed by atoms with van der Waals surface area (Å²) in [5, 5.41) is 2.60. The molecule has 150 valence electrons. The molecule has 3 rings (SSSR count). The van der Waals surface area contributed by atoms with Crippen molar-refractivity contribution in [3.8, 4) is 5.69 Å². The Hall–Kier alpha value is -3.26. The number of amides is 2. The van der Waals surface area contributed by atoms with E-state index in [0.717, 1.165) is 28.2 Å². The van der Waals surface area contributed by atoms with Gasteiger partial charge in [-0.1, -0.05) is 0 Å². The maximum atomic E-state index is 12.5. The summed E-state index contributed by atoms with van der Waals surface area (Å²) in [4.78, 5) is 37.7. The minimum Gasteiger partial charge on any atom is -0.465 e. The van der Waals surface area contributed by atoms with Gasteiger partial charge in [0.2, 0.25) is 0 Å². The molecule has 0 aliphatic carbocycles. The van der Waals surface area contributed by atoms with E-state index in [1.807, 2.05) is 37.5 Å². The number of aromatic nitrogens is 1. The van der Waals surface area contributed by atoms with E-state index in [1.54, 1.807) is 18.2 Å². The summed E-state index contributed by atoms with van der Waals surface area (Å²) in [7, 11) is 2.87. The molecule has 0 spiro atoms. The van der Waals surface area contributed by atoms with Gasteiger partial charge >= 0.3 is 5.97 Å². The summed E-state index contributed by atoms with van der Waals surface area (Å²) in [5.74, 6) is -1.35. The monoisotopic (exact) mass is 411 g/mol. The van der Waals surface area contributed by atoms with Crippen LogP contribution in [0.15, 0.2) is 29.8 Å². The fraction of sp³-hybridized carbons (Fsp3) is 0.238. The zero-order chi connectivity index (χ0) is 21.5. The molecule has 1 saturated heterocycles. The molecule has 1 aromatic heterocycles. The Morgan fingerprint density at radius 2 is 1.86 bits per heavy atom. The second-order valence-electron chi connectivity index (χ2n) is 6.84. The minimum absolute atomic E-state index is 0.0270. The quantitative estimate of drug-likeness (QED) is 0.363. The van der Waals surface area contributed by atoms with Crippen LogP contribution in [0.2, 0.25) is 0 Å². The lowest BCUT2D eigenvalue weighted by atomic mass is 10.1. The Kier molecular flexibility index (Phi) is 5.39. The highest BCUT2D eigenvalue weighted by molar-refractivity contribution is 7.80. The van der Waals surface area contributed by atoms with E-state index >= 15 is 0 Å². The van der Waals surface area contributed by atoms with Crippen LogP contribution in [0.3, 0.4) is 0 Å². The van der Waals surface area contributed by atoms with Crippen LogP contribution in [0.25, 0.3) is 11.8 Å². The number of thiocarbonyl (C=S) groups is 1.